The minimum atomic E-state index is -0.367. The molecule has 1 aliphatic heterocycles. The molecule has 3 aromatic heterocycles. The fraction of sp³-hybridized carbons (Fsp3) is 0.188. The quantitative estimate of drug-likeness (QED) is 0.622. The number of thiophene rings is 1. The van der Waals surface area contributed by atoms with Crippen LogP contribution in [0.25, 0.3) is 11.0 Å². The van der Waals surface area contributed by atoms with Gasteiger partial charge >= 0.3 is 0 Å². The smallest absolute Gasteiger partial charge is 0.268 e. The molecule has 0 unspecified atom stereocenters. The highest BCUT2D eigenvalue weighted by atomic mass is 32.2. The average Bonchev–Trinajstić information content (AvgIpc) is 3.32. The lowest BCUT2D eigenvalue weighted by atomic mass is 10.3. The van der Waals surface area contributed by atoms with Crippen molar-refractivity contribution in [3.8, 4) is 0 Å². The van der Waals surface area contributed by atoms with Crippen molar-refractivity contribution in [2.24, 2.45) is 0 Å². The monoisotopic (exact) mass is 404 g/mol. The van der Waals surface area contributed by atoms with Crippen LogP contribution in [0.4, 0.5) is 4.79 Å². The number of hydrogen-bond acceptors (Lipinski definition) is 8. The zero-order valence-electron chi connectivity index (χ0n) is 13.5. The van der Waals surface area contributed by atoms with Gasteiger partial charge in [0.05, 0.1) is 17.1 Å². The van der Waals surface area contributed by atoms with E-state index in [1.807, 2.05) is 24.4 Å². The molecule has 1 fully saturated rings. The summed E-state index contributed by atoms with van der Waals surface area (Å²) in [5.41, 5.74) is 0.0584. The van der Waals surface area contributed by atoms with Crippen molar-refractivity contribution in [1.82, 2.24) is 19.5 Å². The molecule has 0 bridgehead atoms. The summed E-state index contributed by atoms with van der Waals surface area (Å²) in [5, 5.41) is 6.53. The number of hydrogen-bond donors (Lipinski definition) is 0. The third-order valence-electron chi connectivity index (χ3n) is 3.65. The standard InChI is InChI=1S/C16H12N4O3S3/c1-2-12-18-20-13(21)6-9(17-15(20)26-12)8-19-14(22)11(25-16(19)23)7-10-4-3-5-24-10/h3-7H,2,8H2,1H3/b11-7-. The van der Waals surface area contributed by atoms with Crippen LogP contribution < -0.4 is 5.56 Å². The van der Waals surface area contributed by atoms with Crippen molar-refractivity contribution >= 4 is 56.6 Å². The lowest BCUT2D eigenvalue weighted by molar-refractivity contribution is -0.123. The highest BCUT2D eigenvalue weighted by molar-refractivity contribution is 8.18. The second-order valence-electron chi connectivity index (χ2n) is 5.41. The van der Waals surface area contributed by atoms with E-state index in [2.05, 4.69) is 10.1 Å². The number of carbonyl (C=O) groups excluding carboxylic acids is 2. The summed E-state index contributed by atoms with van der Waals surface area (Å²) in [6, 6.07) is 5.08. The van der Waals surface area contributed by atoms with E-state index in [1.54, 1.807) is 6.08 Å². The molecule has 2 amide bonds. The molecule has 10 heteroatoms. The minimum absolute atomic E-state index is 0.0302. The van der Waals surface area contributed by atoms with Crippen molar-refractivity contribution in [1.29, 1.82) is 0 Å². The summed E-state index contributed by atoms with van der Waals surface area (Å²) in [4.78, 5) is 44.2. The van der Waals surface area contributed by atoms with Gasteiger partial charge in [0.1, 0.15) is 5.01 Å². The number of carbonyl (C=O) groups is 2. The Hall–Kier alpha value is -2.30. The Bertz CT molecular complexity index is 1100. The normalized spacial score (nSPS) is 16.3. The van der Waals surface area contributed by atoms with E-state index in [4.69, 9.17) is 0 Å². The summed E-state index contributed by atoms with van der Waals surface area (Å²) in [7, 11) is 0. The Kier molecular flexibility index (Phi) is 4.47. The topological polar surface area (TPSA) is 84.6 Å². The Morgan fingerprint density at radius 3 is 2.85 bits per heavy atom. The van der Waals surface area contributed by atoms with Gasteiger partial charge in [0.2, 0.25) is 4.96 Å². The van der Waals surface area contributed by atoms with E-state index in [1.165, 1.54) is 33.3 Å². The maximum absolute atomic E-state index is 12.5. The third kappa shape index (κ3) is 3.11. The molecule has 1 aliphatic rings. The van der Waals surface area contributed by atoms with E-state index in [0.29, 0.717) is 22.0 Å². The van der Waals surface area contributed by atoms with Crippen LogP contribution in [0.5, 0.6) is 0 Å². The molecule has 0 atom stereocenters. The summed E-state index contributed by atoms with van der Waals surface area (Å²) in [6.07, 6.45) is 2.41. The largest absolute Gasteiger partial charge is 0.293 e. The number of aryl methyl sites for hydroxylation is 1. The molecule has 26 heavy (non-hydrogen) atoms. The second kappa shape index (κ2) is 6.78. The molecule has 0 radical (unpaired) electrons. The SMILES string of the molecule is CCc1nn2c(=O)cc(CN3C(=O)S/C(=C\c4cccs4)C3=O)nc2s1. The molecule has 0 spiro atoms. The van der Waals surface area contributed by atoms with Crippen LogP contribution in [0.1, 0.15) is 22.5 Å². The molecule has 0 saturated carbocycles. The summed E-state index contributed by atoms with van der Waals surface area (Å²) >= 11 is 3.72. The van der Waals surface area contributed by atoms with Gasteiger partial charge in [0.25, 0.3) is 16.7 Å². The summed E-state index contributed by atoms with van der Waals surface area (Å²) in [5.74, 6) is -0.367. The van der Waals surface area contributed by atoms with Crippen molar-refractivity contribution in [3.05, 3.63) is 54.4 Å². The third-order valence-corrected chi connectivity index (χ3v) is 6.43. The van der Waals surface area contributed by atoms with Gasteiger partial charge in [-0.05, 0) is 35.7 Å². The Labute approximate surface area is 160 Å². The van der Waals surface area contributed by atoms with E-state index < -0.39 is 0 Å². The molecular formula is C16H12N4O3S3. The molecule has 7 nitrogen and oxygen atoms in total. The molecule has 3 aromatic rings. The number of rotatable bonds is 4. The van der Waals surface area contributed by atoms with Crippen LogP contribution in [0.15, 0.2) is 33.3 Å². The number of aromatic nitrogens is 3. The van der Waals surface area contributed by atoms with Crippen LogP contribution in [0.3, 0.4) is 0 Å². The molecule has 132 valence electrons. The summed E-state index contributed by atoms with van der Waals surface area (Å²) < 4.78 is 1.25. The molecule has 1 saturated heterocycles. The molecule has 0 aromatic carbocycles. The number of fused-ring (bicyclic) bond motifs is 1. The first-order valence-corrected chi connectivity index (χ1v) is 10.2. The lowest BCUT2D eigenvalue weighted by Gasteiger charge is -2.11. The van der Waals surface area contributed by atoms with Gasteiger partial charge in [-0.2, -0.15) is 9.61 Å². The van der Waals surface area contributed by atoms with Gasteiger partial charge in [0.15, 0.2) is 0 Å². The van der Waals surface area contributed by atoms with Gasteiger partial charge in [-0.15, -0.1) is 11.3 Å². The number of imide groups is 1. The number of thioether (sulfide) groups is 1. The van der Waals surface area contributed by atoms with E-state index in [9.17, 15) is 14.4 Å². The maximum atomic E-state index is 12.5. The average molecular weight is 404 g/mol. The molecular weight excluding hydrogens is 392 g/mol. The van der Waals surface area contributed by atoms with Crippen molar-refractivity contribution in [3.63, 3.8) is 0 Å². The van der Waals surface area contributed by atoms with E-state index in [-0.39, 0.29) is 23.3 Å². The van der Waals surface area contributed by atoms with Crippen LogP contribution in [0, 0.1) is 0 Å². The zero-order chi connectivity index (χ0) is 18.3. The summed E-state index contributed by atoms with van der Waals surface area (Å²) in [6.45, 7) is 1.92. The van der Waals surface area contributed by atoms with Crippen LogP contribution in [-0.4, -0.2) is 30.6 Å². The Balaban J connectivity index is 1.62. The highest BCUT2D eigenvalue weighted by Gasteiger charge is 2.35. The van der Waals surface area contributed by atoms with Gasteiger partial charge in [-0.25, -0.2) is 4.98 Å². The first-order valence-electron chi connectivity index (χ1n) is 7.72. The highest BCUT2D eigenvalue weighted by Crippen LogP contribution is 2.33. The van der Waals surface area contributed by atoms with Crippen molar-refractivity contribution in [2.75, 3.05) is 0 Å². The second-order valence-corrected chi connectivity index (χ2v) is 8.43. The molecule has 0 N–H and O–H groups in total. The Morgan fingerprint density at radius 1 is 1.27 bits per heavy atom. The number of amides is 2. The Morgan fingerprint density at radius 2 is 2.12 bits per heavy atom. The van der Waals surface area contributed by atoms with Crippen molar-refractivity contribution < 1.29 is 9.59 Å². The van der Waals surface area contributed by atoms with Gasteiger partial charge < -0.3 is 0 Å². The molecule has 0 aliphatic carbocycles. The molecule has 4 rings (SSSR count). The van der Waals surface area contributed by atoms with Gasteiger partial charge in [-0.1, -0.05) is 24.3 Å². The van der Waals surface area contributed by atoms with Crippen molar-refractivity contribution in [2.45, 2.75) is 19.9 Å². The lowest BCUT2D eigenvalue weighted by Crippen LogP contribution is -2.29. The van der Waals surface area contributed by atoms with Crippen LogP contribution >= 0.6 is 34.4 Å². The number of nitrogens with zero attached hydrogens (tertiary/aromatic N) is 4. The maximum Gasteiger partial charge on any atom is 0.293 e. The zero-order valence-corrected chi connectivity index (χ0v) is 16.0. The predicted molar refractivity (Wildman–Crippen MR) is 102 cm³/mol. The fourth-order valence-corrected chi connectivity index (χ4v) is 4.84. The van der Waals surface area contributed by atoms with Crippen LogP contribution in [-0.2, 0) is 17.8 Å². The fourth-order valence-electron chi connectivity index (χ4n) is 2.42. The molecule has 4 heterocycles. The first-order chi connectivity index (χ1) is 12.5. The van der Waals surface area contributed by atoms with Crippen LogP contribution in [0.2, 0.25) is 0 Å². The first kappa shape index (κ1) is 17.1. The minimum Gasteiger partial charge on any atom is -0.268 e. The van der Waals surface area contributed by atoms with Gasteiger partial charge in [-0.3, -0.25) is 19.3 Å². The van der Waals surface area contributed by atoms with E-state index >= 15 is 0 Å². The van der Waals surface area contributed by atoms with Gasteiger partial charge in [0, 0.05) is 10.9 Å². The predicted octanol–water partition coefficient (Wildman–Crippen LogP) is 3.01. The van der Waals surface area contributed by atoms with E-state index in [0.717, 1.165) is 26.5 Å².